The van der Waals surface area contributed by atoms with E-state index in [0.717, 1.165) is 0 Å². The van der Waals surface area contributed by atoms with Crippen molar-refractivity contribution in [2.75, 3.05) is 17.7 Å². The van der Waals surface area contributed by atoms with Crippen LogP contribution in [0.2, 0.25) is 0 Å². The third-order valence-corrected chi connectivity index (χ3v) is 2.51. The number of hydrogen-bond acceptors (Lipinski definition) is 4. The molecule has 0 spiro atoms. The lowest BCUT2D eigenvalue weighted by atomic mass is 10.0. The summed E-state index contributed by atoms with van der Waals surface area (Å²) in [5, 5.41) is 21.6. The number of carbonyl (C=O) groups is 1. The third kappa shape index (κ3) is 3.98. The molecule has 2 unspecified atom stereocenters. The number of halogens is 1. The van der Waals surface area contributed by atoms with Crippen LogP contribution < -0.4 is 11.1 Å². The van der Waals surface area contributed by atoms with Crippen LogP contribution in [0.15, 0.2) is 24.3 Å². The van der Waals surface area contributed by atoms with Crippen molar-refractivity contribution in [3.05, 3.63) is 29.8 Å². The Morgan fingerprint density at radius 1 is 1.35 bits per heavy atom. The van der Waals surface area contributed by atoms with Gasteiger partial charge < -0.3 is 21.3 Å². The molecule has 0 aliphatic carbocycles. The van der Waals surface area contributed by atoms with Gasteiger partial charge in [0.05, 0.1) is 6.10 Å². The van der Waals surface area contributed by atoms with E-state index in [1.54, 1.807) is 24.3 Å². The van der Waals surface area contributed by atoms with Crippen molar-refractivity contribution < 1.29 is 15.0 Å². The fraction of sp³-hybridized carbons (Fsp3) is 0.364. The van der Waals surface area contributed by atoms with E-state index in [-0.39, 0.29) is 18.3 Å². The van der Waals surface area contributed by atoms with Crippen LogP contribution >= 0.6 is 11.6 Å². The lowest BCUT2D eigenvalue weighted by molar-refractivity contribution is -0.113. The summed E-state index contributed by atoms with van der Waals surface area (Å²) < 4.78 is 0. The Bertz CT molecular complexity index is 369. The van der Waals surface area contributed by atoms with E-state index < -0.39 is 12.2 Å². The first-order valence-corrected chi connectivity index (χ1v) is 5.64. The van der Waals surface area contributed by atoms with Crippen molar-refractivity contribution in [1.82, 2.24) is 0 Å². The van der Waals surface area contributed by atoms with Crippen molar-refractivity contribution in [2.45, 2.75) is 12.2 Å². The van der Waals surface area contributed by atoms with Gasteiger partial charge in [0.2, 0.25) is 5.91 Å². The Kier molecular flexibility index (Phi) is 5.37. The average molecular weight is 259 g/mol. The monoisotopic (exact) mass is 258 g/mol. The predicted molar refractivity (Wildman–Crippen MR) is 65.8 cm³/mol. The molecular formula is C11H15ClN2O3. The number of aliphatic hydroxyl groups excluding tert-OH is 2. The molecule has 6 heteroatoms. The van der Waals surface area contributed by atoms with E-state index in [9.17, 15) is 15.0 Å². The minimum absolute atomic E-state index is 0.0219. The Morgan fingerprint density at radius 2 is 1.94 bits per heavy atom. The Morgan fingerprint density at radius 3 is 2.41 bits per heavy atom. The molecule has 94 valence electrons. The smallest absolute Gasteiger partial charge is 0.239 e. The fourth-order valence-corrected chi connectivity index (χ4v) is 1.38. The van der Waals surface area contributed by atoms with Crippen LogP contribution in [0.1, 0.15) is 11.7 Å². The van der Waals surface area contributed by atoms with Gasteiger partial charge in [-0.3, -0.25) is 4.79 Å². The molecule has 0 aromatic heterocycles. The van der Waals surface area contributed by atoms with E-state index in [1.807, 2.05) is 0 Å². The highest BCUT2D eigenvalue weighted by Crippen LogP contribution is 2.18. The van der Waals surface area contributed by atoms with Crippen LogP contribution in [0.25, 0.3) is 0 Å². The average Bonchev–Trinajstić information content (AvgIpc) is 2.37. The molecule has 1 rings (SSSR count). The third-order valence-electron chi connectivity index (χ3n) is 2.26. The number of anilines is 1. The molecule has 0 saturated carbocycles. The van der Waals surface area contributed by atoms with Crippen molar-refractivity contribution in [2.24, 2.45) is 5.73 Å². The molecule has 5 nitrogen and oxygen atoms in total. The highest BCUT2D eigenvalue weighted by molar-refractivity contribution is 6.29. The molecule has 2 atom stereocenters. The summed E-state index contributed by atoms with van der Waals surface area (Å²) in [7, 11) is 0. The molecule has 1 amide bonds. The molecule has 17 heavy (non-hydrogen) atoms. The summed E-state index contributed by atoms with van der Waals surface area (Å²) in [5.41, 5.74) is 6.35. The Labute approximate surface area is 104 Å². The second kappa shape index (κ2) is 6.56. The summed E-state index contributed by atoms with van der Waals surface area (Å²) in [5.74, 6) is -0.419. The first-order valence-electron chi connectivity index (χ1n) is 5.10. The SMILES string of the molecule is NCC(O)C(O)c1ccc(NC(=O)CCl)cc1. The number of rotatable bonds is 5. The highest BCUT2D eigenvalue weighted by atomic mass is 35.5. The molecule has 1 aromatic carbocycles. The number of alkyl halides is 1. The van der Waals surface area contributed by atoms with Crippen molar-refractivity contribution in [1.29, 1.82) is 0 Å². The zero-order valence-corrected chi connectivity index (χ0v) is 9.89. The molecule has 1 aromatic rings. The first kappa shape index (κ1) is 13.9. The lowest BCUT2D eigenvalue weighted by Crippen LogP contribution is -2.27. The van der Waals surface area contributed by atoms with E-state index >= 15 is 0 Å². The van der Waals surface area contributed by atoms with Crippen LogP contribution in [-0.4, -0.2) is 34.6 Å². The van der Waals surface area contributed by atoms with Gasteiger partial charge in [0.1, 0.15) is 12.0 Å². The number of aliphatic hydroxyl groups is 2. The standard InChI is InChI=1S/C11H15ClN2O3/c12-5-10(16)14-8-3-1-7(2-4-8)11(17)9(15)6-13/h1-4,9,11,15,17H,5-6,13H2,(H,14,16). The number of nitrogens with one attached hydrogen (secondary N) is 1. The number of nitrogens with two attached hydrogens (primary N) is 1. The maximum Gasteiger partial charge on any atom is 0.239 e. The van der Waals surface area contributed by atoms with Crippen molar-refractivity contribution >= 4 is 23.2 Å². The largest absolute Gasteiger partial charge is 0.389 e. The number of hydrogen-bond donors (Lipinski definition) is 4. The quantitative estimate of drug-likeness (QED) is 0.568. The van der Waals surface area contributed by atoms with Crippen LogP contribution in [0.4, 0.5) is 5.69 Å². The van der Waals surface area contributed by atoms with Gasteiger partial charge in [0, 0.05) is 12.2 Å². The lowest BCUT2D eigenvalue weighted by Gasteiger charge is -2.16. The molecule has 0 aliphatic heterocycles. The van der Waals surface area contributed by atoms with E-state index in [4.69, 9.17) is 17.3 Å². The number of benzene rings is 1. The van der Waals surface area contributed by atoms with E-state index in [0.29, 0.717) is 11.3 Å². The van der Waals surface area contributed by atoms with Crippen LogP contribution in [0.5, 0.6) is 0 Å². The van der Waals surface area contributed by atoms with Gasteiger partial charge in [-0.05, 0) is 17.7 Å². The van der Waals surface area contributed by atoms with Crippen LogP contribution in [-0.2, 0) is 4.79 Å². The van der Waals surface area contributed by atoms with Crippen LogP contribution in [0, 0.1) is 0 Å². The number of carbonyl (C=O) groups excluding carboxylic acids is 1. The van der Waals surface area contributed by atoms with Gasteiger partial charge in [0.25, 0.3) is 0 Å². The second-order valence-corrected chi connectivity index (χ2v) is 3.82. The van der Waals surface area contributed by atoms with Crippen molar-refractivity contribution in [3.8, 4) is 0 Å². The van der Waals surface area contributed by atoms with E-state index in [2.05, 4.69) is 5.32 Å². The molecule has 0 bridgehead atoms. The summed E-state index contributed by atoms with van der Waals surface area (Å²) in [4.78, 5) is 11.0. The zero-order chi connectivity index (χ0) is 12.8. The van der Waals surface area contributed by atoms with Gasteiger partial charge >= 0.3 is 0 Å². The Hall–Kier alpha value is -1.14. The minimum Gasteiger partial charge on any atom is -0.389 e. The van der Waals surface area contributed by atoms with Gasteiger partial charge in [0.15, 0.2) is 0 Å². The number of amides is 1. The topological polar surface area (TPSA) is 95.6 Å². The molecule has 0 aliphatic rings. The van der Waals surface area contributed by atoms with E-state index in [1.165, 1.54) is 0 Å². The normalized spacial score (nSPS) is 14.1. The van der Waals surface area contributed by atoms with Crippen LogP contribution in [0.3, 0.4) is 0 Å². The fourth-order valence-electron chi connectivity index (χ4n) is 1.31. The second-order valence-electron chi connectivity index (χ2n) is 3.55. The molecule has 0 saturated heterocycles. The molecule has 0 heterocycles. The summed E-state index contributed by atoms with van der Waals surface area (Å²) in [6.45, 7) is -0.0219. The van der Waals surface area contributed by atoms with Gasteiger partial charge in [-0.25, -0.2) is 0 Å². The summed E-state index contributed by atoms with van der Waals surface area (Å²) in [6.07, 6.45) is -2.03. The van der Waals surface area contributed by atoms with Crippen molar-refractivity contribution in [3.63, 3.8) is 0 Å². The van der Waals surface area contributed by atoms with Gasteiger partial charge in [-0.15, -0.1) is 11.6 Å². The predicted octanol–water partition coefficient (Wildman–Crippen LogP) is 0.217. The Balaban J connectivity index is 2.70. The summed E-state index contributed by atoms with van der Waals surface area (Å²) >= 11 is 5.34. The van der Waals surface area contributed by atoms with Gasteiger partial charge in [-0.2, -0.15) is 0 Å². The molecular weight excluding hydrogens is 244 g/mol. The summed E-state index contributed by atoms with van der Waals surface area (Å²) in [6, 6.07) is 6.44. The van der Waals surface area contributed by atoms with Gasteiger partial charge in [-0.1, -0.05) is 12.1 Å². The zero-order valence-electron chi connectivity index (χ0n) is 9.14. The minimum atomic E-state index is -1.03. The maximum atomic E-state index is 11.0. The maximum absolute atomic E-state index is 11.0. The molecule has 0 fully saturated rings. The molecule has 0 radical (unpaired) electrons. The first-order chi connectivity index (χ1) is 8.08. The molecule has 5 N–H and O–H groups in total. The highest BCUT2D eigenvalue weighted by Gasteiger charge is 2.16.